The second kappa shape index (κ2) is 9.84. The van der Waals surface area contributed by atoms with Crippen molar-refractivity contribution < 1.29 is 54.1 Å². The van der Waals surface area contributed by atoms with Gasteiger partial charge in [-0.3, -0.25) is 0 Å². The van der Waals surface area contributed by atoms with Crippen molar-refractivity contribution in [3.8, 4) is 16.9 Å². The molecule has 2 aromatic carbocycles. The Hall–Kier alpha value is -3.35. The Morgan fingerprint density at radius 1 is 1.05 bits per heavy atom. The van der Waals surface area contributed by atoms with Gasteiger partial charge in [-0.15, -0.1) is 13.2 Å². The van der Waals surface area contributed by atoms with Gasteiger partial charge in [0.15, 0.2) is 29.3 Å². The summed E-state index contributed by atoms with van der Waals surface area (Å²) >= 11 is 0. The zero-order chi connectivity index (χ0) is 27.1. The molecule has 0 saturated carbocycles. The molecule has 1 aliphatic heterocycles. The number of halogens is 9. The monoisotopic (exact) mass is 539 g/mol. The van der Waals surface area contributed by atoms with E-state index >= 15 is 0 Å². The average Bonchev–Trinajstić information content (AvgIpc) is 2.80. The van der Waals surface area contributed by atoms with Gasteiger partial charge < -0.3 is 19.5 Å². The molecule has 13 heteroatoms. The molecule has 2 aromatic rings. The number of ether oxygens (including phenoxy) is 2. The molecular weight excluding hydrogens is 521 g/mol. The quantitative estimate of drug-likeness (QED) is 0.360. The van der Waals surface area contributed by atoms with Crippen LogP contribution in [-0.4, -0.2) is 42.9 Å². The summed E-state index contributed by atoms with van der Waals surface area (Å²) in [7, 11) is 0. The van der Waals surface area contributed by atoms with Crippen LogP contribution in [0.2, 0.25) is 0 Å². The van der Waals surface area contributed by atoms with Crippen LogP contribution >= 0.6 is 0 Å². The van der Waals surface area contributed by atoms with Gasteiger partial charge in [0.05, 0.1) is 18.3 Å². The van der Waals surface area contributed by atoms with Crippen LogP contribution in [0.1, 0.15) is 6.42 Å². The maximum absolute atomic E-state index is 13.9. The molecule has 0 spiro atoms. The summed E-state index contributed by atoms with van der Waals surface area (Å²) in [5, 5.41) is 9.82. The highest BCUT2D eigenvalue weighted by atomic mass is 19.4. The molecule has 0 fully saturated rings. The second-order valence-electron chi connectivity index (χ2n) is 8.41. The van der Waals surface area contributed by atoms with Crippen molar-refractivity contribution in [3.05, 3.63) is 71.8 Å². The van der Waals surface area contributed by atoms with Crippen molar-refractivity contribution >= 4 is 5.69 Å². The van der Waals surface area contributed by atoms with E-state index in [9.17, 15) is 44.6 Å². The first-order valence-electron chi connectivity index (χ1n) is 10.8. The Bertz CT molecular complexity index is 1200. The SMILES string of the molecule is OC(CN1c2cccc(-c3cc(F)c(F)c(F)c3)c2OCC1[C@@H]1C=C(OC(F)(F)F)C=CC1)C(F)(F)F. The van der Waals surface area contributed by atoms with Crippen molar-refractivity contribution in [2.75, 3.05) is 18.1 Å². The Kier molecular flexibility index (Phi) is 7.10. The van der Waals surface area contributed by atoms with Gasteiger partial charge in [-0.05, 0) is 42.3 Å². The van der Waals surface area contributed by atoms with Crippen molar-refractivity contribution in [2.24, 2.45) is 5.92 Å². The number of β-amino-alcohol motifs (C(OH)–C–C–N with tert-alkyl or cyclic N) is 1. The Labute approximate surface area is 204 Å². The summed E-state index contributed by atoms with van der Waals surface area (Å²) < 4.78 is 129. The van der Waals surface area contributed by atoms with E-state index in [2.05, 4.69) is 4.74 Å². The average molecular weight is 539 g/mol. The minimum atomic E-state index is -5.02. The summed E-state index contributed by atoms with van der Waals surface area (Å²) in [6, 6.07) is 4.42. The highest BCUT2D eigenvalue weighted by Crippen LogP contribution is 2.45. The summed E-state index contributed by atoms with van der Waals surface area (Å²) in [5.74, 6) is -6.18. The maximum atomic E-state index is 13.9. The maximum Gasteiger partial charge on any atom is 0.573 e. The van der Waals surface area contributed by atoms with Crippen LogP contribution < -0.4 is 9.64 Å². The predicted octanol–water partition coefficient (Wildman–Crippen LogP) is 6.26. The molecule has 0 saturated heterocycles. The Balaban J connectivity index is 1.76. The Morgan fingerprint density at radius 3 is 2.35 bits per heavy atom. The smallest absolute Gasteiger partial charge is 0.489 e. The van der Waals surface area contributed by atoms with Crippen LogP contribution in [0.4, 0.5) is 45.2 Å². The van der Waals surface area contributed by atoms with Crippen LogP contribution in [0, 0.1) is 23.4 Å². The first-order chi connectivity index (χ1) is 17.2. The highest BCUT2D eigenvalue weighted by Gasteiger charge is 2.43. The molecule has 0 radical (unpaired) electrons. The van der Waals surface area contributed by atoms with Crippen molar-refractivity contribution in [2.45, 2.75) is 31.1 Å². The fraction of sp³-hybridized carbons (Fsp3) is 0.333. The van der Waals surface area contributed by atoms with Gasteiger partial charge in [0.1, 0.15) is 12.4 Å². The van der Waals surface area contributed by atoms with Crippen LogP contribution in [0.5, 0.6) is 5.75 Å². The van der Waals surface area contributed by atoms with E-state index in [1.54, 1.807) is 0 Å². The lowest BCUT2D eigenvalue weighted by atomic mass is 9.89. The number of fused-ring (bicyclic) bond motifs is 1. The normalized spacial score (nSPS) is 20.7. The number of anilines is 1. The fourth-order valence-electron chi connectivity index (χ4n) is 4.30. The largest absolute Gasteiger partial charge is 0.573 e. The van der Waals surface area contributed by atoms with E-state index in [1.807, 2.05) is 0 Å². The third kappa shape index (κ3) is 5.81. The Morgan fingerprint density at radius 2 is 1.73 bits per heavy atom. The molecule has 0 aromatic heterocycles. The van der Waals surface area contributed by atoms with Gasteiger partial charge in [-0.1, -0.05) is 18.2 Å². The fourth-order valence-corrected chi connectivity index (χ4v) is 4.30. The molecule has 0 bridgehead atoms. The minimum absolute atomic E-state index is 0.0107. The molecule has 3 atom stereocenters. The van der Waals surface area contributed by atoms with E-state index in [0.29, 0.717) is 12.1 Å². The van der Waals surface area contributed by atoms with Gasteiger partial charge in [0.25, 0.3) is 0 Å². The molecule has 4 nitrogen and oxygen atoms in total. The molecule has 2 aliphatic rings. The van der Waals surface area contributed by atoms with Crippen molar-refractivity contribution in [1.82, 2.24) is 0 Å². The van der Waals surface area contributed by atoms with Gasteiger partial charge in [0.2, 0.25) is 0 Å². The van der Waals surface area contributed by atoms with Crippen LogP contribution in [-0.2, 0) is 4.74 Å². The molecule has 200 valence electrons. The molecule has 1 aliphatic carbocycles. The van der Waals surface area contributed by atoms with Crippen LogP contribution in [0.15, 0.2) is 54.3 Å². The van der Waals surface area contributed by atoms with Crippen LogP contribution in [0.25, 0.3) is 11.1 Å². The van der Waals surface area contributed by atoms with E-state index < -0.39 is 60.4 Å². The van der Waals surface area contributed by atoms with Gasteiger partial charge in [0, 0.05) is 11.5 Å². The standard InChI is InChI=1S/C24H18F9NO3/c25-16-8-13(9-17(26)21(16)27)15-5-2-6-18-22(15)36-11-19(34(18)10-20(35)23(28,29)30)12-3-1-4-14(7-12)37-24(31,32)33/h1-2,4-9,12,19-20,35H,3,10-11H2/t12-,19?,20?/m0/s1. The third-order valence-corrected chi connectivity index (χ3v) is 5.94. The third-order valence-electron chi connectivity index (χ3n) is 5.94. The summed E-state index contributed by atoms with van der Waals surface area (Å²) in [6.07, 6.45) is -9.17. The number of allylic oxidation sites excluding steroid dienone is 2. The molecule has 4 rings (SSSR count). The first kappa shape index (κ1) is 26.7. The number of aliphatic hydroxyl groups excluding tert-OH is 1. The molecule has 0 amide bonds. The van der Waals surface area contributed by atoms with Crippen molar-refractivity contribution in [1.29, 1.82) is 0 Å². The molecule has 1 N–H and O–H groups in total. The number of hydrogen-bond donors (Lipinski definition) is 1. The van der Waals surface area contributed by atoms with Gasteiger partial charge in [-0.2, -0.15) is 13.2 Å². The minimum Gasteiger partial charge on any atom is -0.489 e. The number of aliphatic hydroxyl groups is 1. The zero-order valence-electron chi connectivity index (χ0n) is 18.6. The summed E-state index contributed by atoms with van der Waals surface area (Å²) in [4.78, 5) is 1.13. The number of benzene rings is 2. The topological polar surface area (TPSA) is 41.9 Å². The van der Waals surface area contributed by atoms with Crippen molar-refractivity contribution in [3.63, 3.8) is 0 Å². The van der Waals surface area contributed by atoms with E-state index in [4.69, 9.17) is 4.74 Å². The number of hydrogen-bond acceptors (Lipinski definition) is 4. The van der Waals surface area contributed by atoms with Gasteiger partial charge >= 0.3 is 12.5 Å². The lowest BCUT2D eigenvalue weighted by Gasteiger charge is -2.43. The van der Waals surface area contributed by atoms with Crippen LogP contribution in [0.3, 0.4) is 0 Å². The number of nitrogens with zero attached hydrogens (tertiary/aromatic N) is 1. The van der Waals surface area contributed by atoms with E-state index in [1.165, 1.54) is 24.3 Å². The zero-order valence-corrected chi connectivity index (χ0v) is 18.6. The van der Waals surface area contributed by atoms with E-state index in [-0.39, 0.29) is 35.6 Å². The highest BCUT2D eigenvalue weighted by molar-refractivity contribution is 5.80. The molecular formula is C24H18F9NO3. The molecule has 2 unspecified atom stereocenters. The number of rotatable bonds is 5. The summed E-state index contributed by atoms with van der Waals surface area (Å²) in [6.45, 7) is -1.36. The first-order valence-corrected chi connectivity index (χ1v) is 10.8. The second-order valence-corrected chi connectivity index (χ2v) is 8.41. The predicted molar refractivity (Wildman–Crippen MR) is 113 cm³/mol. The summed E-state index contributed by atoms with van der Waals surface area (Å²) in [5.41, 5.74) is -0.145. The lowest BCUT2D eigenvalue weighted by molar-refractivity contribution is -0.303. The van der Waals surface area contributed by atoms with E-state index in [0.717, 1.165) is 17.1 Å². The molecule has 37 heavy (non-hydrogen) atoms. The molecule has 1 heterocycles. The van der Waals surface area contributed by atoms with Gasteiger partial charge in [-0.25, -0.2) is 13.2 Å². The number of alkyl halides is 6. The number of para-hydroxylation sites is 1. The lowest BCUT2D eigenvalue weighted by Crippen LogP contribution is -2.52.